The first kappa shape index (κ1) is 40.2. The highest BCUT2D eigenvalue weighted by Gasteiger charge is 2.46. The maximum atomic E-state index is 13.2. The van der Waals surface area contributed by atoms with Gasteiger partial charge >= 0.3 is 0 Å². The number of ketones is 1. The van der Waals surface area contributed by atoms with Crippen LogP contribution in [0.25, 0.3) is 10.9 Å². The number of piperidine rings is 1. The molecule has 14 nitrogen and oxygen atoms in total. The van der Waals surface area contributed by atoms with Gasteiger partial charge in [-0.25, -0.2) is 0 Å². The first-order valence-electron chi connectivity index (χ1n) is 19.4. The zero-order valence-corrected chi connectivity index (χ0v) is 31.9. The van der Waals surface area contributed by atoms with Crippen LogP contribution in [0.5, 0.6) is 5.75 Å². The Kier molecular flexibility index (Phi) is 13.4. The quantitative estimate of drug-likeness (QED) is 0.0730. The standard InChI is InChI=1S/C43H46N6O8/c1-44-40(53)32-25-46-33-19-18-27(24-31(33)39(32)47-28-13-8-7-9-14-28)23-29(50)15-10-5-3-2-4-6-11-22-45-37(52)26-57-35-17-12-16-30-38(35)43(56)49(42(30)55)34-20-21-36(51)48-41(34)54/h7-9,12-14,16-19,24-25,34H,2-6,10-11,15,20-23,26H2,1H3,(H,44,53)(H,45,52)(H,46,47)(H,48,51,54). The number of anilines is 2. The van der Waals surface area contributed by atoms with Crippen LogP contribution in [-0.2, 0) is 25.6 Å². The number of pyridine rings is 1. The number of aromatic nitrogens is 1. The molecule has 2 aliphatic heterocycles. The maximum Gasteiger partial charge on any atom is 0.266 e. The fraction of sp³-hybridized carbons (Fsp3) is 0.349. The van der Waals surface area contributed by atoms with Crippen LogP contribution in [0.2, 0.25) is 0 Å². The van der Waals surface area contributed by atoms with Gasteiger partial charge in [-0.15, -0.1) is 0 Å². The van der Waals surface area contributed by atoms with E-state index in [0.717, 1.165) is 72.0 Å². The Balaban J connectivity index is 0.863. The molecule has 1 aromatic heterocycles. The van der Waals surface area contributed by atoms with Gasteiger partial charge in [-0.05, 0) is 61.2 Å². The van der Waals surface area contributed by atoms with Crippen molar-refractivity contribution in [3.8, 4) is 5.75 Å². The minimum atomic E-state index is -1.09. The Bertz CT molecular complexity index is 2190. The van der Waals surface area contributed by atoms with E-state index in [4.69, 9.17) is 4.74 Å². The summed E-state index contributed by atoms with van der Waals surface area (Å²) in [6.07, 6.45) is 8.92. The van der Waals surface area contributed by atoms with Crippen molar-refractivity contribution in [2.75, 3.05) is 25.5 Å². The number of nitrogens with zero attached hydrogens (tertiary/aromatic N) is 2. The lowest BCUT2D eigenvalue weighted by Gasteiger charge is -2.27. The molecule has 4 aromatic rings. The number of rotatable bonds is 19. The molecule has 14 heteroatoms. The average Bonchev–Trinajstić information content (AvgIpc) is 3.46. The summed E-state index contributed by atoms with van der Waals surface area (Å²) in [7, 11) is 1.58. The smallest absolute Gasteiger partial charge is 0.266 e. The Hall–Kier alpha value is -6.44. The summed E-state index contributed by atoms with van der Waals surface area (Å²) in [4.78, 5) is 93.5. The molecule has 1 unspecified atom stereocenters. The number of imide groups is 2. The predicted molar refractivity (Wildman–Crippen MR) is 212 cm³/mol. The maximum absolute atomic E-state index is 13.2. The molecule has 1 atom stereocenters. The van der Waals surface area contributed by atoms with Crippen LogP contribution in [0, 0.1) is 0 Å². The summed E-state index contributed by atoms with van der Waals surface area (Å²) in [6.45, 7) is 0.115. The molecule has 0 aliphatic carbocycles. The van der Waals surface area contributed by atoms with E-state index in [-0.39, 0.29) is 53.9 Å². The molecule has 1 fully saturated rings. The van der Waals surface area contributed by atoms with Gasteiger partial charge in [-0.3, -0.25) is 48.8 Å². The van der Waals surface area contributed by atoms with Crippen molar-refractivity contribution >= 4 is 63.5 Å². The monoisotopic (exact) mass is 774 g/mol. The zero-order chi connectivity index (χ0) is 40.3. The van der Waals surface area contributed by atoms with Crippen LogP contribution in [0.1, 0.15) is 101 Å². The SMILES string of the molecule is CNC(=O)c1cnc2ccc(CC(=O)CCCCCCCCCNC(=O)COc3cccc4c3C(=O)N(C3CCC(=O)NC3=O)C4=O)cc2c1Nc1ccccc1. The fourth-order valence-electron chi connectivity index (χ4n) is 7.13. The van der Waals surface area contributed by atoms with Crippen molar-refractivity contribution in [2.24, 2.45) is 0 Å². The molecule has 0 spiro atoms. The molecule has 6 rings (SSSR count). The third kappa shape index (κ3) is 9.87. The molecule has 4 N–H and O–H groups in total. The number of fused-ring (bicyclic) bond motifs is 2. The second kappa shape index (κ2) is 18.9. The first-order chi connectivity index (χ1) is 27.6. The number of nitrogens with one attached hydrogen (secondary N) is 4. The second-order valence-corrected chi connectivity index (χ2v) is 14.2. The van der Waals surface area contributed by atoms with E-state index in [1.165, 1.54) is 12.1 Å². The summed E-state index contributed by atoms with van der Waals surface area (Å²) < 4.78 is 5.64. The van der Waals surface area contributed by atoms with Crippen LogP contribution >= 0.6 is 0 Å². The van der Waals surface area contributed by atoms with Crippen LogP contribution in [0.15, 0.2) is 72.9 Å². The molecular weight excluding hydrogens is 729 g/mol. The van der Waals surface area contributed by atoms with Gasteiger partial charge in [0.2, 0.25) is 11.8 Å². The lowest BCUT2D eigenvalue weighted by Crippen LogP contribution is -2.54. The van der Waals surface area contributed by atoms with Crippen molar-refractivity contribution in [1.29, 1.82) is 0 Å². The van der Waals surface area contributed by atoms with E-state index in [9.17, 15) is 33.6 Å². The number of amides is 6. The van der Waals surface area contributed by atoms with Crippen LogP contribution < -0.4 is 26.0 Å². The number of benzene rings is 3. The van der Waals surface area contributed by atoms with Crippen molar-refractivity contribution in [1.82, 2.24) is 25.8 Å². The third-order valence-corrected chi connectivity index (χ3v) is 10.1. The Morgan fingerprint density at radius 3 is 2.39 bits per heavy atom. The molecule has 3 heterocycles. The number of Topliss-reactive ketones (excluding diaryl/α,β-unsaturated/α-hetero) is 1. The van der Waals surface area contributed by atoms with E-state index in [0.29, 0.717) is 30.6 Å². The molecule has 0 bridgehead atoms. The van der Waals surface area contributed by atoms with Crippen LogP contribution in [-0.4, -0.2) is 77.4 Å². The highest BCUT2D eigenvalue weighted by Crippen LogP contribution is 2.34. The number of hydrogen-bond donors (Lipinski definition) is 4. The summed E-state index contributed by atoms with van der Waals surface area (Å²) >= 11 is 0. The van der Waals surface area contributed by atoms with Crippen molar-refractivity contribution in [2.45, 2.75) is 76.7 Å². The van der Waals surface area contributed by atoms with Gasteiger partial charge in [0.15, 0.2) is 6.61 Å². The van der Waals surface area contributed by atoms with Gasteiger partial charge in [0.1, 0.15) is 17.6 Å². The number of ether oxygens (including phenoxy) is 1. The average molecular weight is 775 g/mol. The lowest BCUT2D eigenvalue weighted by atomic mass is 10.00. The molecular formula is C43H46N6O8. The van der Waals surface area contributed by atoms with Crippen molar-refractivity contribution in [3.63, 3.8) is 0 Å². The van der Waals surface area contributed by atoms with Crippen LogP contribution in [0.4, 0.5) is 11.4 Å². The fourth-order valence-corrected chi connectivity index (χ4v) is 7.13. The topological polar surface area (TPSA) is 193 Å². The van der Waals surface area contributed by atoms with Crippen molar-refractivity contribution < 1.29 is 38.3 Å². The highest BCUT2D eigenvalue weighted by molar-refractivity contribution is 6.24. The molecule has 6 amide bonds. The normalized spacial score (nSPS) is 15.0. The lowest BCUT2D eigenvalue weighted by molar-refractivity contribution is -0.136. The predicted octanol–water partition coefficient (Wildman–Crippen LogP) is 5.17. The van der Waals surface area contributed by atoms with E-state index >= 15 is 0 Å². The number of carbonyl (C=O) groups is 7. The third-order valence-electron chi connectivity index (χ3n) is 10.1. The zero-order valence-electron chi connectivity index (χ0n) is 31.9. The Morgan fingerprint density at radius 1 is 0.877 bits per heavy atom. The van der Waals surface area contributed by atoms with Crippen LogP contribution in [0.3, 0.4) is 0 Å². The van der Waals surface area contributed by atoms with Gasteiger partial charge < -0.3 is 20.7 Å². The second-order valence-electron chi connectivity index (χ2n) is 14.2. The van der Waals surface area contributed by atoms with E-state index in [1.807, 2.05) is 48.5 Å². The van der Waals surface area contributed by atoms with E-state index in [1.54, 1.807) is 19.3 Å². The number of unbranched alkanes of at least 4 members (excludes halogenated alkanes) is 6. The minimum Gasteiger partial charge on any atom is -0.483 e. The summed E-state index contributed by atoms with van der Waals surface area (Å²) in [6, 6.07) is 18.7. The van der Waals surface area contributed by atoms with Gasteiger partial charge in [-0.2, -0.15) is 0 Å². The molecule has 296 valence electrons. The molecule has 0 saturated carbocycles. The number of carbonyl (C=O) groups excluding carboxylic acids is 7. The summed E-state index contributed by atoms with van der Waals surface area (Å²) in [5.74, 6) is -2.88. The Labute approximate surface area is 330 Å². The molecule has 3 aromatic carbocycles. The largest absolute Gasteiger partial charge is 0.483 e. The van der Waals surface area contributed by atoms with Gasteiger partial charge in [0.25, 0.3) is 23.6 Å². The molecule has 1 saturated heterocycles. The molecule has 2 aliphatic rings. The highest BCUT2D eigenvalue weighted by atomic mass is 16.5. The van der Waals surface area contributed by atoms with Gasteiger partial charge in [0, 0.05) is 50.1 Å². The number of para-hydroxylation sites is 1. The minimum absolute atomic E-state index is 0.00307. The van der Waals surface area contributed by atoms with Crippen molar-refractivity contribution in [3.05, 3.63) is 95.2 Å². The summed E-state index contributed by atoms with van der Waals surface area (Å²) in [5, 5.41) is 11.8. The summed E-state index contributed by atoms with van der Waals surface area (Å²) in [5.41, 5.74) is 3.57. The van der Waals surface area contributed by atoms with E-state index in [2.05, 4.69) is 26.3 Å². The first-order valence-corrected chi connectivity index (χ1v) is 19.4. The van der Waals surface area contributed by atoms with E-state index < -0.39 is 29.7 Å². The van der Waals surface area contributed by atoms with Gasteiger partial charge in [-0.1, -0.05) is 62.4 Å². The molecule has 0 radical (unpaired) electrons. The number of hydrogen-bond acceptors (Lipinski definition) is 10. The van der Waals surface area contributed by atoms with Gasteiger partial charge in [0.05, 0.1) is 27.9 Å². The molecule has 57 heavy (non-hydrogen) atoms. The Morgan fingerprint density at radius 2 is 1.63 bits per heavy atom.